The number of carbonyl (C=O) groups is 1. The number of benzene rings is 1. The Morgan fingerprint density at radius 1 is 1.23 bits per heavy atom. The van der Waals surface area contributed by atoms with Gasteiger partial charge in [0.25, 0.3) is 0 Å². The Hall–Kier alpha value is -1.62. The first-order valence-electron chi connectivity index (χ1n) is 8.20. The molecule has 0 aromatic heterocycles. The predicted octanol–water partition coefficient (Wildman–Crippen LogP) is 1.48. The van der Waals surface area contributed by atoms with Gasteiger partial charge >= 0.3 is 0 Å². The van der Waals surface area contributed by atoms with Crippen molar-refractivity contribution in [2.75, 3.05) is 53.6 Å². The van der Waals surface area contributed by atoms with Crippen LogP contribution in [0.15, 0.2) is 29.3 Å². The molecule has 148 valence electrons. The first-order chi connectivity index (χ1) is 12.1. The Morgan fingerprint density at radius 2 is 1.92 bits per heavy atom. The van der Waals surface area contributed by atoms with Gasteiger partial charge in [-0.05, 0) is 31.2 Å². The average Bonchev–Trinajstić information content (AvgIpc) is 2.60. The predicted molar refractivity (Wildman–Crippen MR) is 111 cm³/mol. The molecule has 0 bridgehead atoms. The summed E-state index contributed by atoms with van der Waals surface area (Å²) >= 11 is 0. The van der Waals surface area contributed by atoms with E-state index in [0.29, 0.717) is 44.6 Å². The number of hydrogen-bond donors (Lipinski definition) is 2. The lowest BCUT2D eigenvalue weighted by Crippen LogP contribution is -2.41. The minimum atomic E-state index is -0.296. The summed E-state index contributed by atoms with van der Waals surface area (Å²) in [6, 6.07) is 5.87. The molecule has 0 aliphatic heterocycles. The van der Waals surface area contributed by atoms with Crippen molar-refractivity contribution in [2.45, 2.75) is 6.92 Å². The summed E-state index contributed by atoms with van der Waals surface area (Å²) in [5.41, 5.74) is 0. The van der Waals surface area contributed by atoms with E-state index in [2.05, 4.69) is 15.6 Å². The van der Waals surface area contributed by atoms with Crippen LogP contribution in [-0.2, 0) is 9.53 Å². The standard InChI is InChI=1S/C17H27FN4O3.HI/c1-4-19-17(21-13-16(23)20-9-11-24-3)22(2)10-12-25-15-7-5-14(18)6-8-15;/h5-8H,4,9-13H2,1-3H3,(H,19,21)(H,20,23);1H. The number of nitrogens with zero attached hydrogens (tertiary/aromatic N) is 2. The molecule has 9 heteroatoms. The Kier molecular flexibility index (Phi) is 13.6. The minimum absolute atomic E-state index is 0. The molecule has 0 fully saturated rings. The van der Waals surface area contributed by atoms with Crippen molar-refractivity contribution in [2.24, 2.45) is 4.99 Å². The van der Waals surface area contributed by atoms with Crippen molar-refractivity contribution in [1.29, 1.82) is 0 Å². The fourth-order valence-electron chi connectivity index (χ4n) is 1.90. The van der Waals surface area contributed by atoms with Crippen molar-refractivity contribution in [3.8, 4) is 5.75 Å². The molecule has 0 saturated heterocycles. The maximum absolute atomic E-state index is 12.8. The second-order valence-corrected chi connectivity index (χ2v) is 5.24. The lowest BCUT2D eigenvalue weighted by molar-refractivity contribution is -0.119. The third-order valence-electron chi connectivity index (χ3n) is 3.21. The Bertz CT molecular complexity index is 543. The molecule has 0 aliphatic carbocycles. The molecule has 0 aliphatic rings. The maximum atomic E-state index is 12.8. The van der Waals surface area contributed by atoms with Crippen LogP contribution in [0.2, 0.25) is 0 Å². The van der Waals surface area contributed by atoms with Gasteiger partial charge in [-0.1, -0.05) is 0 Å². The molecule has 1 rings (SSSR count). The first-order valence-corrected chi connectivity index (χ1v) is 8.20. The van der Waals surface area contributed by atoms with Gasteiger partial charge in [0, 0.05) is 27.2 Å². The van der Waals surface area contributed by atoms with Gasteiger partial charge in [0.2, 0.25) is 5.91 Å². The van der Waals surface area contributed by atoms with E-state index in [-0.39, 0.29) is 42.2 Å². The van der Waals surface area contributed by atoms with Crippen LogP contribution in [0.1, 0.15) is 6.92 Å². The van der Waals surface area contributed by atoms with Gasteiger partial charge in [-0.15, -0.1) is 24.0 Å². The summed E-state index contributed by atoms with van der Waals surface area (Å²) in [6.45, 7) is 4.58. The highest BCUT2D eigenvalue weighted by Crippen LogP contribution is 2.10. The van der Waals surface area contributed by atoms with Crippen LogP contribution in [0.3, 0.4) is 0 Å². The van der Waals surface area contributed by atoms with E-state index in [1.54, 1.807) is 19.2 Å². The molecule has 0 unspecified atom stereocenters. The Balaban J connectivity index is 0.00000625. The van der Waals surface area contributed by atoms with E-state index in [1.165, 1.54) is 12.1 Å². The highest BCUT2D eigenvalue weighted by atomic mass is 127. The van der Waals surface area contributed by atoms with E-state index in [9.17, 15) is 9.18 Å². The number of guanidine groups is 1. The van der Waals surface area contributed by atoms with Gasteiger partial charge in [0.05, 0.1) is 13.2 Å². The molecule has 26 heavy (non-hydrogen) atoms. The highest BCUT2D eigenvalue weighted by Gasteiger charge is 2.07. The van der Waals surface area contributed by atoms with Crippen LogP contribution in [0.4, 0.5) is 4.39 Å². The first kappa shape index (κ1) is 24.4. The van der Waals surface area contributed by atoms with Crippen molar-refractivity contribution >= 4 is 35.8 Å². The second kappa shape index (κ2) is 14.5. The van der Waals surface area contributed by atoms with Crippen LogP contribution in [0.25, 0.3) is 0 Å². The number of amides is 1. The molecule has 7 nitrogen and oxygen atoms in total. The summed E-state index contributed by atoms with van der Waals surface area (Å²) in [5.74, 6) is 0.764. The quantitative estimate of drug-likeness (QED) is 0.229. The van der Waals surface area contributed by atoms with Gasteiger partial charge in [0.1, 0.15) is 24.7 Å². The second-order valence-electron chi connectivity index (χ2n) is 5.24. The fraction of sp³-hybridized carbons (Fsp3) is 0.529. The number of halogens is 2. The van der Waals surface area contributed by atoms with E-state index in [4.69, 9.17) is 9.47 Å². The van der Waals surface area contributed by atoms with E-state index in [0.717, 1.165) is 0 Å². The van der Waals surface area contributed by atoms with E-state index in [1.807, 2.05) is 18.9 Å². The largest absolute Gasteiger partial charge is 0.492 e. The smallest absolute Gasteiger partial charge is 0.241 e. The zero-order valence-electron chi connectivity index (χ0n) is 15.5. The maximum Gasteiger partial charge on any atom is 0.241 e. The van der Waals surface area contributed by atoms with Gasteiger partial charge in [0.15, 0.2) is 5.96 Å². The summed E-state index contributed by atoms with van der Waals surface area (Å²) < 4.78 is 23.3. The monoisotopic (exact) mass is 482 g/mol. The number of ether oxygens (including phenoxy) is 2. The molecule has 0 atom stereocenters. The summed E-state index contributed by atoms with van der Waals surface area (Å²) in [7, 11) is 3.44. The lowest BCUT2D eigenvalue weighted by Gasteiger charge is -2.22. The zero-order chi connectivity index (χ0) is 18.5. The molecule has 0 saturated carbocycles. The van der Waals surface area contributed by atoms with Gasteiger partial charge < -0.3 is 25.0 Å². The lowest BCUT2D eigenvalue weighted by atomic mass is 10.3. The summed E-state index contributed by atoms with van der Waals surface area (Å²) in [5, 5.41) is 5.84. The number of carbonyl (C=O) groups excluding carboxylic acids is 1. The SMILES string of the molecule is CCNC(=NCC(=O)NCCOC)N(C)CCOc1ccc(F)cc1.I. The number of nitrogens with one attached hydrogen (secondary N) is 2. The highest BCUT2D eigenvalue weighted by molar-refractivity contribution is 14.0. The van der Waals surface area contributed by atoms with E-state index < -0.39 is 0 Å². The van der Waals surface area contributed by atoms with Crippen molar-refractivity contribution in [3.63, 3.8) is 0 Å². The molecule has 1 amide bonds. The fourth-order valence-corrected chi connectivity index (χ4v) is 1.90. The van der Waals surface area contributed by atoms with Crippen LogP contribution < -0.4 is 15.4 Å². The van der Waals surface area contributed by atoms with E-state index >= 15 is 0 Å². The third-order valence-corrected chi connectivity index (χ3v) is 3.21. The average molecular weight is 482 g/mol. The number of likely N-dealkylation sites (N-methyl/N-ethyl adjacent to an activating group) is 1. The van der Waals surface area contributed by atoms with Crippen LogP contribution >= 0.6 is 24.0 Å². The third kappa shape index (κ3) is 10.4. The molecule has 0 radical (unpaired) electrons. The van der Waals surface area contributed by atoms with Gasteiger partial charge in [-0.25, -0.2) is 9.38 Å². The number of methoxy groups -OCH3 is 1. The van der Waals surface area contributed by atoms with Crippen LogP contribution in [-0.4, -0.2) is 70.3 Å². The molecule has 0 heterocycles. The minimum Gasteiger partial charge on any atom is -0.492 e. The molecular weight excluding hydrogens is 454 g/mol. The number of aliphatic imine (C=N–C) groups is 1. The molecular formula is C17H28FIN4O3. The van der Waals surface area contributed by atoms with Crippen molar-refractivity contribution < 1.29 is 18.7 Å². The summed E-state index contributed by atoms with van der Waals surface area (Å²) in [6.07, 6.45) is 0. The van der Waals surface area contributed by atoms with Gasteiger partial charge in [-0.3, -0.25) is 4.79 Å². The topological polar surface area (TPSA) is 75.2 Å². The normalized spacial score (nSPS) is 10.7. The van der Waals surface area contributed by atoms with Crippen LogP contribution in [0, 0.1) is 5.82 Å². The zero-order valence-corrected chi connectivity index (χ0v) is 17.8. The Labute approximate surface area is 171 Å². The van der Waals surface area contributed by atoms with Gasteiger partial charge in [-0.2, -0.15) is 0 Å². The molecule has 2 N–H and O–H groups in total. The number of rotatable bonds is 10. The Morgan fingerprint density at radius 3 is 2.54 bits per heavy atom. The summed E-state index contributed by atoms with van der Waals surface area (Å²) in [4.78, 5) is 17.9. The van der Waals surface area contributed by atoms with Crippen LogP contribution in [0.5, 0.6) is 5.75 Å². The number of hydrogen-bond acceptors (Lipinski definition) is 4. The molecule has 1 aromatic rings. The molecule has 0 spiro atoms. The molecule has 1 aromatic carbocycles. The van der Waals surface area contributed by atoms with Crippen molar-refractivity contribution in [1.82, 2.24) is 15.5 Å². The van der Waals surface area contributed by atoms with Crippen molar-refractivity contribution in [3.05, 3.63) is 30.1 Å².